The maximum absolute atomic E-state index is 11.4. The second-order valence-electron chi connectivity index (χ2n) is 3.25. The smallest absolute Gasteiger partial charge is 0.300 e. The van der Waals surface area contributed by atoms with E-state index in [9.17, 15) is 13.5 Å². The van der Waals surface area contributed by atoms with Gasteiger partial charge in [-0.3, -0.25) is 4.72 Å². The van der Waals surface area contributed by atoms with Crippen LogP contribution in [0, 0.1) is 0 Å². The molecular formula is C8H13N3O3S. The van der Waals surface area contributed by atoms with E-state index in [1.54, 1.807) is 13.8 Å². The van der Waals surface area contributed by atoms with Crippen LogP contribution in [0.3, 0.4) is 0 Å². The summed E-state index contributed by atoms with van der Waals surface area (Å²) in [5.41, 5.74) is 0. The first kappa shape index (κ1) is 11.7. The molecule has 0 bridgehead atoms. The average molecular weight is 231 g/mol. The molecule has 1 aromatic rings. The molecular weight excluding hydrogens is 218 g/mol. The van der Waals surface area contributed by atoms with Crippen molar-refractivity contribution in [2.75, 3.05) is 4.72 Å². The highest BCUT2D eigenvalue weighted by atomic mass is 32.2. The van der Waals surface area contributed by atoms with Crippen LogP contribution in [0.15, 0.2) is 18.3 Å². The van der Waals surface area contributed by atoms with Crippen LogP contribution in [0.2, 0.25) is 0 Å². The van der Waals surface area contributed by atoms with Gasteiger partial charge in [-0.25, -0.2) is 4.98 Å². The van der Waals surface area contributed by atoms with Crippen molar-refractivity contribution < 1.29 is 13.5 Å². The molecule has 15 heavy (non-hydrogen) atoms. The van der Waals surface area contributed by atoms with E-state index >= 15 is 0 Å². The van der Waals surface area contributed by atoms with Crippen molar-refractivity contribution in [1.29, 1.82) is 0 Å². The molecule has 6 nitrogen and oxygen atoms in total. The molecule has 1 aromatic heterocycles. The number of nitrogens with one attached hydrogen (secondary N) is 2. The van der Waals surface area contributed by atoms with Crippen LogP contribution in [0.25, 0.3) is 0 Å². The predicted octanol–water partition coefficient (Wildman–Crippen LogP) is 0.442. The quantitative estimate of drug-likeness (QED) is 0.701. The van der Waals surface area contributed by atoms with E-state index in [4.69, 9.17) is 0 Å². The fourth-order valence-corrected chi connectivity index (χ4v) is 2.03. The van der Waals surface area contributed by atoms with Crippen LogP contribution in [-0.2, 0) is 10.2 Å². The fourth-order valence-electron chi connectivity index (χ4n) is 0.942. The summed E-state index contributed by atoms with van der Waals surface area (Å²) in [7, 11) is -3.68. The van der Waals surface area contributed by atoms with E-state index in [0.29, 0.717) is 0 Å². The Hall–Kier alpha value is -1.34. The number of hydrogen-bond donors (Lipinski definition) is 3. The highest BCUT2D eigenvalue weighted by Gasteiger charge is 2.13. The van der Waals surface area contributed by atoms with Crippen molar-refractivity contribution in [3.8, 4) is 5.75 Å². The van der Waals surface area contributed by atoms with Crippen molar-refractivity contribution >= 4 is 16.0 Å². The number of anilines is 1. The van der Waals surface area contributed by atoms with Gasteiger partial charge < -0.3 is 5.11 Å². The highest BCUT2D eigenvalue weighted by molar-refractivity contribution is 7.90. The Labute approximate surface area is 88.5 Å². The number of aromatic nitrogens is 1. The monoisotopic (exact) mass is 231 g/mol. The van der Waals surface area contributed by atoms with Crippen molar-refractivity contribution in [2.45, 2.75) is 19.9 Å². The minimum atomic E-state index is -3.68. The lowest BCUT2D eigenvalue weighted by atomic mass is 10.4. The molecule has 0 atom stereocenters. The second kappa shape index (κ2) is 4.45. The topological polar surface area (TPSA) is 91.3 Å². The summed E-state index contributed by atoms with van der Waals surface area (Å²) in [5.74, 6) is -0.308. The Morgan fingerprint density at radius 1 is 1.47 bits per heavy atom. The molecule has 0 spiro atoms. The van der Waals surface area contributed by atoms with Crippen LogP contribution < -0.4 is 9.44 Å². The number of hydrogen-bond acceptors (Lipinski definition) is 4. The van der Waals surface area contributed by atoms with E-state index < -0.39 is 10.2 Å². The number of aromatic hydroxyl groups is 1. The Morgan fingerprint density at radius 3 is 2.67 bits per heavy atom. The third kappa shape index (κ3) is 3.72. The Balaban J connectivity index is 2.83. The summed E-state index contributed by atoms with van der Waals surface area (Å²) >= 11 is 0. The molecule has 1 rings (SSSR count). The average Bonchev–Trinajstić information content (AvgIpc) is 2.06. The maximum Gasteiger partial charge on any atom is 0.300 e. The van der Waals surface area contributed by atoms with Gasteiger partial charge in [-0.15, -0.1) is 0 Å². The minimum Gasteiger partial charge on any atom is -0.504 e. The van der Waals surface area contributed by atoms with E-state index in [0.717, 1.165) is 0 Å². The van der Waals surface area contributed by atoms with Gasteiger partial charge in [-0.2, -0.15) is 13.1 Å². The highest BCUT2D eigenvalue weighted by Crippen LogP contribution is 2.18. The Morgan fingerprint density at radius 2 is 2.13 bits per heavy atom. The molecule has 0 amide bonds. The number of nitrogens with zero attached hydrogens (tertiary/aromatic N) is 1. The van der Waals surface area contributed by atoms with Crippen LogP contribution in [0.5, 0.6) is 5.75 Å². The van der Waals surface area contributed by atoms with Crippen molar-refractivity contribution in [1.82, 2.24) is 9.71 Å². The fraction of sp³-hybridized carbons (Fsp3) is 0.375. The van der Waals surface area contributed by atoms with Gasteiger partial charge in [-0.05, 0) is 26.0 Å². The van der Waals surface area contributed by atoms with Gasteiger partial charge in [0.2, 0.25) is 0 Å². The second-order valence-corrected chi connectivity index (χ2v) is 4.70. The Kier molecular flexibility index (Phi) is 3.48. The molecule has 7 heteroatoms. The van der Waals surface area contributed by atoms with Crippen molar-refractivity contribution in [3.05, 3.63) is 18.3 Å². The lowest BCUT2D eigenvalue weighted by Crippen LogP contribution is -2.35. The number of rotatable bonds is 4. The van der Waals surface area contributed by atoms with Gasteiger partial charge in [0.05, 0.1) is 0 Å². The summed E-state index contributed by atoms with van der Waals surface area (Å²) in [6, 6.07) is 2.62. The van der Waals surface area contributed by atoms with Crippen molar-refractivity contribution in [2.24, 2.45) is 0 Å². The van der Waals surface area contributed by atoms with E-state index in [1.165, 1.54) is 18.3 Å². The largest absolute Gasteiger partial charge is 0.504 e. The zero-order valence-corrected chi connectivity index (χ0v) is 9.25. The zero-order valence-electron chi connectivity index (χ0n) is 8.43. The summed E-state index contributed by atoms with van der Waals surface area (Å²) in [4.78, 5) is 3.69. The van der Waals surface area contributed by atoms with Crippen LogP contribution in [0.4, 0.5) is 5.82 Å². The van der Waals surface area contributed by atoms with Gasteiger partial charge >= 0.3 is 10.2 Å². The Bertz CT molecular complexity index is 431. The molecule has 0 aliphatic carbocycles. The minimum absolute atomic E-state index is 0.0920. The molecule has 0 fully saturated rings. The van der Waals surface area contributed by atoms with E-state index in [1.807, 2.05) is 0 Å². The standard InChI is InChI=1S/C8H13N3O3S/c1-6(2)10-15(13,14)11-8-7(12)4-3-5-9-8/h3-6,10,12H,1-2H3,(H,9,11). The van der Waals surface area contributed by atoms with Crippen LogP contribution in [0.1, 0.15) is 13.8 Å². The van der Waals surface area contributed by atoms with E-state index in [2.05, 4.69) is 14.4 Å². The van der Waals surface area contributed by atoms with Gasteiger partial charge in [0, 0.05) is 12.2 Å². The van der Waals surface area contributed by atoms with Crippen molar-refractivity contribution in [3.63, 3.8) is 0 Å². The third-order valence-corrected chi connectivity index (χ3v) is 2.65. The molecule has 0 aliphatic heterocycles. The first-order valence-corrected chi connectivity index (χ1v) is 5.83. The normalized spacial score (nSPS) is 11.7. The van der Waals surface area contributed by atoms with Gasteiger partial charge in [0.1, 0.15) is 0 Å². The molecule has 1 heterocycles. The van der Waals surface area contributed by atoms with Gasteiger partial charge in [0.15, 0.2) is 11.6 Å². The predicted molar refractivity (Wildman–Crippen MR) is 56.7 cm³/mol. The molecule has 0 unspecified atom stereocenters. The number of pyridine rings is 1. The first-order chi connectivity index (χ1) is 6.91. The molecule has 0 saturated carbocycles. The molecule has 3 N–H and O–H groups in total. The SMILES string of the molecule is CC(C)NS(=O)(=O)Nc1ncccc1O. The molecule has 0 radical (unpaired) electrons. The molecule has 0 saturated heterocycles. The van der Waals surface area contributed by atoms with Crippen LogP contribution >= 0.6 is 0 Å². The van der Waals surface area contributed by atoms with E-state index in [-0.39, 0.29) is 17.6 Å². The van der Waals surface area contributed by atoms with Gasteiger partial charge in [0.25, 0.3) is 0 Å². The van der Waals surface area contributed by atoms with Crippen LogP contribution in [-0.4, -0.2) is 24.6 Å². The molecule has 0 aliphatic rings. The molecule has 84 valence electrons. The molecule has 0 aromatic carbocycles. The summed E-state index contributed by atoms with van der Waals surface area (Å²) in [6.45, 7) is 3.38. The maximum atomic E-state index is 11.4. The first-order valence-electron chi connectivity index (χ1n) is 4.35. The summed E-state index contributed by atoms with van der Waals surface area (Å²) < 4.78 is 27.2. The third-order valence-electron chi connectivity index (χ3n) is 1.41. The summed E-state index contributed by atoms with van der Waals surface area (Å²) in [6.07, 6.45) is 1.38. The van der Waals surface area contributed by atoms with Gasteiger partial charge in [-0.1, -0.05) is 0 Å². The lowest BCUT2D eigenvalue weighted by molar-refractivity contribution is 0.475. The zero-order chi connectivity index (χ0) is 11.5. The lowest BCUT2D eigenvalue weighted by Gasteiger charge is -2.11. The summed E-state index contributed by atoms with van der Waals surface area (Å²) in [5, 5.41) is 9.29.